The molecule has 0 aliphatic carbocycles. The van der Waals surface area contributed by atoms with Gasteiger partial charge in [0.15, 0.2) is 0 Å². The summed E-state index contributed by atoms with van der Waals surface area (Å²) in [6, 6.07) is 4.30. The van der Waals surface area contributed by atoms with Gasteiger partial charge in [-0.15, -0.1) is 11.3 Å². The number of aryl methyl sites for hydroxylation is 1. The SMILES string of the molecule is CCC.CCCc1cccs1. The lowest BCUT2D eigenvalue weighted by molar-refractivity contribution is 0.940. The first-order valence-corrected chi connectivity index (χ1v) is 5.25. The first-order valence-electron chi connectivity index (χ1n) is 4.37. The lowest BCUT2D eigenvalue weighted by Gasteiger charge is -1.85. The standard InChI is InChI=1S/C7H10S.C3H8/c1-2-4-7-5-3-6-8-7;1-3-2/h3,5-6H,2,4H2,1H3;3H2,1-2H3. The molecule has 0 amide bonds. The molecule has 1 rings (SSSR count). The molecular weight excluding hydrogens is 152 g/mol. The van der Waals surface area contributed by atoms with Gasteiger partial charge in [0.05, 0.1) is 0 Å². The molecular formula is C10H18S. The van der Waals surface area contributed by atoms with Crippen molar-refractivity contribution in [3.05, 3.63) is 22.4 Å². The first kappa shape index (κ1) is 10.7. The van der Waals surface area contributed by atoms with E-state index in [2.05, 4.69) is 38.3 Å². The minimum absolute atomic E-state index is 1.25. The van der Waals surface area contributed by atoms with Gasteiger partial charge < -0.3 is 0 Å². The highest BCUT2D eigenvalue weighted by molar-refractivity contribution is 7.09. The third-order valence-electron chi connectivity index (χ3n) is 1.08. The van der Waals surface area contributed by atoms with Gasteiger partial charge in [0.1, 0.15) is 0 Å². The number of rotatable bonds is 2. The smallest absolute Gasteiger partial charge is 0.00451 e. The molecule has 1 aromatic rings. The zero-order valence-corrected chi connectivity index (χ0v) is 8.58. The van der Waals surface area contributed by atoms with E-state index in [1.165, 1.54) is 24.1 Å². The minimum atomic E-state index is 1.25. The zero-order chi connectivity index (χ0) is 8.53. The fourth-order valence-corrected chi connectivity index (χ4v) is 1.51. The van der Waals surface area contributed by atoms with Gasteiger partial charge in [-0.25, -0.2) is 0 Å². The Labute approximate surface area is 74.3 Å². The van der Waals surface area contributed by atoms with E-state index in [9.17, 15) is 0 Å². The Morgan fingerprint density at radius 2 is 1.91 bits per heavy atom. The van der Waals surface area contributed by atoms with Crippen LogP contribution < -0.4 is 0 Å². The third-order valence-corrected chi connectivity index (χ3v) is 2.01. The molecule has 0 unspecified atom stereocenters. The van der Waals surface area contributed by atoms with E-state index in [0.29, 0.717) is 0 Å². The Kier molecular flexibility index (Phi) is 7.59. The van der Waals surface area contributed by atoms with Gasteiger partial charge in [0.25, 0.3) is 0 Å². The van der Waals surface area contributed by atoms with Crippen LogP contribution in [-0.4, -0.2) is 0 Å². The monoisotopic (exact) mass is 170 g/mol. The van der Waals surface area contributed by atoms with Crippen molar-refractivity contribution in [2.24, 2.45) is 0 Å². The van der Waals surface area contributed by atoms with Gasteiger partial charge in [-0.1, -0.05) is 39.7 Å². The van der Waals surface area contributed by atoms with E-state index in [1.807, 2.05) is 11.3 Å². The summed E-state index contributed by atoms with van der Waals surface area (Å²) in [5.41, 5.74) is 0. The van der Waals surface area contributed by atoms with E-state index < -0.39 is 0 Å². The second kappa shape index (κ2) is 7.80. The minimum Gasteiger partial charge on any atom is -0.149 e. The molecule has 0 atom stereocenters. The third kappa shape index (κ3) is 6.11. The van der Waals surface area contributed by atoms with Crippen LogP contribution in [-0.2, 0) is 6.42 Å². The molecule has 1 heteroatoms. The van der Waals surface area contributed by atoms with Gasteiger partial charge in [0.2, 0.25) is 0 Å². The van der Waals surface area contributed by atoms with Crippen LogP contribution in [0.2, 0.25) is 0 Å². The van der Waals surface area contributed by atoms with E-state index in [-0.39, 0.29) is 0 Å². The summed E-state index contributed by atoms with van der Waals surface area (Å²) in [6.07, 6.45) is 3.76. The molecule has 0 aliphatic rings. The highest BCUT2D eigenvalue weighted by Gasteiger charge is 1.87. The van der Waals surface area contributed by atoms with Crippen molar-refractivity contribution >= 4 is 11.3 Å². The summed E-state index contributed by atoms with van der Waals surface area (Å²) >= 11 is 1.85. The van der Waals surface area contributed by atoms with Gasteiger partial charge in [-0.3, -0.25) is 0 Å². The predicted molar refractivity (Wildman–Crippen MR) is 54.3 cm³/mol. The number of thiophene rings is 1. The topological polar surface area (TPSA) is 0 Å². The second-order valence-corrected chi connectivity index (χ2v) is 3.57. The van der Waals surface area contributed by atoms with Crippen molar-refractivity contribution in [1.82, 2.24) is 0 Å². The molecule has 0 aliphatic heterocycles. The molecule has 1 aromatic heterocycles. The van der Waals surface area contributed by atoms with Crippen LogP contribution in [0.5, 0.6) is 0 Å². The average molecular weight is 170 g/mol. The summed E-state index contributed by atoms with van der Waals surface area (Å²) in [4.78, 5) is 1.51. The van der Waals surface area contributed by atoms with E-state index in [0.717, 1.165) is 0 Å². The molecule has 0 aromatic carbocycles. The summed E-state index contributed by atoms with van der Waals surface area (Å²) in [6.45, 7) is 6.46. The fraction of sp³-hybridized carbons (Fsp3) is 0.600. The van der Waals surface area contributed by atoms with E-state index >= 15 is 0 Å². The Hall–Kier alpha value is -0.300. The quantitative estimate of drug-likeness (QED) is 0.626. The van der Waals surface area contributed by atoms with Gasteiger partial charge >= 0.3 is 0 Å². The zero-order valence-electron chi connectivity index (χ0n) is 7.76. The Morgan fingerprint density at radius 1 is 1.27 bits per heavy atom. The van der Waals surface area contributed by atoms with Gasteiger partial charge in [0, 0.05) is 4.88 Å². The maximum Gasteiger partial charge on any atom is 0.00451 e. The summed E-state index contributed by atoms with van der Waals surface area (Å²) in [7, 11) is 0. The van der Waals surface area contributed by atoms with E-state index in [1.54, 1.807) is 0 Å². The Balaban J connectivity index is 0.000000292. The fourth-order valence-electron chi connectivity index (χ4n) is 0.701. The Morgan fingerprint density at radius 3 is 2.27 bits per heavy atom. The summed E-state index contributed by atoms with van der Waals surface area (Å²) in [5.74, 6) is 0. The van der Waals surface area contributed by atoms with Crippen molar-refractivity contribution in [3.63, 3.8) is 0 Å². The lowest BCUT2D eigenvalue weighted by atomic mass is 10.3. The maximum atomic E-state index is 2.21. The molecule has 0 spiro atoms. The summed E-state index contributed by atoms with van der Waals surface area (Å²) < 4.78 is 0. The lowest BCUT2D eigenvalue weighted by Crippen LogP contribution is -1.71. The summed E-state index contributed by atoms with van der Waals surface area (Å²) in [5, 5.41) is 2.13. The maximum absolute atomic E-state index is 2.21. The largest absolute Gasteiger partial charge is 0.149 e. The van der Waals surface area contributed by atoms with Crippen molar-refractivity contribution in [2.75, 3.05) is 0 Å². The predicted octanol–water partition coefficient (Wildman–Crippen LogP) is 4.12. The van der Waals surface area contributed by atoms with Crippen molar-refractivity contribution in [3.8, 4) is 0 Å². The first-order chi connectivity index (χ1) is 5.35. The number of hydrogen-bond donors (Lipinski definition) is 0. The molecule has 0 saturated heterocycles. The van der Waals surface area contributed by atoms with Crippen LogP contribution in [0, 0.1) is 0 Å². The molecule has 64 valence electrons. The molecule has 0 nitrogen and oxygen atoms in total. The van der Waals surface area contributed by atoms with Gasteiger partial charge in [-0.05, 0) is 17.9 Å². The molecule has 11 heavy (non-hydrogen) atoms. The second-order valence-electron chi connectivity index (χ2n) is 2.54. The Bertz CT molecular complexity index is 142. The van der Waals surface area contributed by atoms with Crippen LogP contribution in [0.3, 0.4) is 0 Å². The highest BCUT2D eigenvalue weighted by atomic mass is 32.1. The molecule has 0 bridgehead atoms. The van der Waals surface area contributed by atoms with Crippen LogP contribution >= 0.6 is 11.3 Å². The average Bonchev–Trinajstić information content (AvgIpc) is 2.42. The number of hydrogen-bond acceptors (Lipinski definition) is 1. The van der Waals surface area contributed by atoms with Crippen molar-refractivity contribution < 1.29 is 0 Å². The van der Waals surface area contributed by atoms with Crippen LogP contribution in [0.4, 0.5) is 0 Å². The highest BCUT2D eigenvalue weighted by Crippen LogP contribution is 2.09. The van der Waals surface area contributed by atoms with Gasteiger partial charge in [-0.2, -0.15) is 0 Å². The molecule has 0 saturated carbocycles. The normalized spacial score (nSPS) is 8.64. The van der Waals surface area contributed by atoms with Crippen molar-refractivity contribution in [2.45, 2.75) is 40.0 Å². The van der Waals surface area contributed by atoms with Crippen LogP contribution in [0.1, 0.15) is 38.5 Å². The van der Waals surface area contributed by atoms with E-state index in [4.69, 9.17) is 0 Å². The van der Waals surface area contributed by atoms with Crippen molar-refractivity contribution in [1.29, 1.82) is 0 Å². The molecule has 0 radical (unpaired) electrons. The molecule has 0 N–H and O–H groups in total. The molecule has 0 fully saturated rings. The van der Waals surface area contributed by atoms with Crippen LogP contribution in [0.15, 0.2) is 17.5 Å². The molecule has 1 heterocycles. The van der Waals surface area contributed by atoms with Crippen LogP contribution in [0.25, 0.3) is 0 Å².